The summed E-state index contributed by atoms with van der Waals surface area (Å²) in [7, 11) is 0. The fourth-order valence-electron chi connectivity index (χ4n) is 2.04. The van der Waals surface area contributed by atoms with Gasteiger partial charge in [-0.25, -0.2) is 4.98 Å². The topological polar surface area (TPSA) is 117 Å². The van der Waals surface area contributed by atoms with E-state index in [-0.39, 0.29) is 28.6 Å². The van der Waals surface area contributed by atoms with Gasteiger partial charge in [0.05, 0.1) is 5.75 Å². The highest BCUT2D eigenvalue weighted by atomic mass is 32.2. The van der Waals surface area contributed by atoms with E-state index < -0.39 is 0 Å². The Morgan fingerprint density at radius 3 is 2.67 bits per heavy atom. The molecule has 0 aliphatic rings. The summed E-state index contributed by atoms with van der Waals surface area (Å²) in [5, 5.41) is 21.4. The fraction of sp³-hybridized carbons (Fsp3) is 0.176. The maximum atomic E-state index is 12.1. The summed E-state index contributed by atoms with van der Waals surface area (Å²) in [6, 6.07) is 11.0. The van der Waals surface area contributed by atoms with Crippen molar-refractivity contribution in [2.45, 2.75) is 18.9 Å². The number of thioether (sulfide) groups is 1. The van der Waals surface area contributed by atoms with Gasteiger partial charge in [-0.3, -0.25) is 10.5 Å². The zero-order valence-electron chi connectivity index (χ0n) is 13.3. The molecule has 0 spiro atoms. The zero-order valence-corrected chi connectivity index (χ0v) is 14.1. The molecule has 1 heterocycles. The van der Waals surface area contributed by atoms with Gasteiger partial charge in [0.1, 0.15) is 23.3 Å². The molecule has 1 amide bonds. The van der Waals surface area contributed by atoms with E-state index in [9.17, 15) is 4.79 Å². The number of nitrogens with one attached hydrogen (secondary N) is 2. The minimum absolute atomic E-state index is 0.115. The molecule has 0 saturated carbocycles. The first-order valence-corrected chi connectivity index (χ1v) is 8.09. The van der Waals surface area contributed by atoms with Gasteiger partial charge in [0, 0.05) is 5.69 Å². The Hall–Kier alpha value is -3.03. The van der Waals surface area contributed by atoms with Crippen LogP contribution in [0.4, 0.5) is 11.5 Å². The third-order valence-corrected chi connectivity index (χ3v) is 4.56. The molecule has 120 valence electrons. The van der Waals surface area contributed by atoms with Gasteiger partial charge in [0.15, 0.2) is 5.03 Å². The van der Waals surface area contributed by atoms with E-state index in [1.165, 1.54) is 6.07 Å². The molecule has 0 aliphatic heterocycles. The van der Waals surface area contributed by atoms with E-state index >= 15 is 0 Å². The molecule has 6 nitrogen and oxygen atoms in total. The van der Waals surface area contributed by atoms with Crippen LogP contribution in [0.3, 0.4) is 0 Å². The van der Waals surface area contributed by atoms with Gasteiger partial charge in [-0.2, -0.15) is 10.5 Å². The summed E-state index contributed by atoms with van der Waals surface area (Å²) in [5.74, 6) is 0.104. The Bertz CT molecular complexity index is 880. The average Bonchev–Trinajstić information content (AvgIpc) is 2.57. The van der Waals surface area contributed by atoms with Crippen molar-refractivity contribution >= 4 is 29.2 Å². The lowest BCUT2D eigenvalue weighted by Gasteiger charge is -2.10. The molecular formula is C17H16N5OS+. The second-order valence-electron chi connectivity index (χ2n) is 5.15. The van der Waals surface area contributed by atoms with E-state index in [2.05, 4.69) is 10.3 Å². The fourth-order valence-corrected chi connectivity index (χ4v) is 2.83. The Morgan fingerprint density at radius 1 is 1.29 bits per heavy atom. The maximum Gasteiger partial charge on any atom is 0.289 e. The van der Waals surface area contributed by atoms with Gasteiger partial charge < -0.3 is 5.32 Å². The number of nitrogens with zero attached hydrogens (tertiary/aromatic N) is 2. The molecule has 24 heavy (non-hydrogen) atoms. The lowest BCUT2D eigenvalue weighted by atomic mass is 10.1. The Kier molecular flexibility index (Phi) is 5.41. The first kappa shape index (κ1) is 17.3. The third-order valence-electron chi connectivity index (χ3n) is 3.54. The van der Waals surface area contributed by atoms with E-state index in [1.54, 1.807) is 0 Å². The Balaban J connectivity index is 2.10. The Morgan fingerprint density at radius 2 is 2.00 bits per heavy atom. The Labute approximate surface area is 144 Å². The first-order chi connectivity index (χ1) is 11.5. The van der Waals surface area contributed by atoms with Crippen LogP contribution in [0.1, 0.15) is 22.3 Å². The smallest absolute Gasteiger partial charge is 0.289 e. The number of aryl methyl sites for hydroxylation is 1. The number of rotatable bonds is 4. The summed E-state index contributed by atoms with van der Waals surface area (Å²) in [4.78, 5) is 14.9. The number of aromatic nitrogens is 1. The number of amides is 1. The summed E-state index contributed by atoms with van der Waals surface area (Å²) in [5.41, 5.74) is 9.09. The van der Waals surface area contributed by atoms with Crippen molar-refractivity contribution in [2.75, 3.05) is 16.8 Å². The van der Waals surface area contributed by atoms with Crippen LogP contribution in [0.25, 0.3) is 0 Å². The first-order valence-electron chi connectivity index (χ1n) is 7.11. The molecule has 0 unspecified atom stereocenters. The highest BCUT2D eigenvalue weighted by Crippen LogP contribution is 2.22. The SMILES string of the molecule is Cc1cccc(NC(=O)CSc2[nH+]c(N)c(C#N)cc2C#N)c1C. The number of hydrogen-bond donors (Lipinski definition) is 2. The van der Waals surface area contributed by atoms with Crippen LogP contribution in [-0.4, -0.2) is 11.7 Å². The molecule has 1 aromatic heterocycles. The van der Waals surface area contributed by atoms with E-state index in [0.29, 0.717) is 5.03 Å². The molecular weight excluding hydrogens is 322 g/mol. The summed E-state index contributed by atoms with van der Waals surface area (Å²) < 4.78 is 0. The number of nitrogens with two attached hydrogens (primary N) is 1. The summed E-state index contributed by atoms with van der Waals surface area (Å²) in [6.45, 7) is 3.92. The van der Waals surface area contributed by atoms with Gasteiger partial charge in [-0.15, -0.1) is 0 Å². The third kappa shape index (κ3) is 3.83. The largest absolute Gasteiger partial charge is 0.325 e. The molecule has 2 rings (SSSR count). The van der Waals surface area contributed by atoms with Crippen LogP contribution in [0.5, 0.6) is 0 Å². The van der Waals surface area contributed by atoms with Gasteiger partial charge >= 0.3 is 0 Å². The number of pyridine rings is 1. The second-order valence-corrected chi connectivity index (χ2v) is 6.13. The van der Waals surface area contributed by atoms with Crippen molar-refractivity contribution < 1.29 is 9.78 Å². The number of nitriles is 2. The van der Waals surface area contributed by atoms with Crippen molar-refractivity contribution in [1.82, 2.24) is 0 Å². The molecule has 0 saturated heterocycles. The average molecular weight is 338 g/mol. The van der Waals surface area contributed by atoms with Crippen LogP contribution in [-0.2, 0) is 4.79 Å². The van der Waals surface area contributed by atoms with Crippen LogP contribution in [0.2, 0.25) is 0 Å². The van der Waals surface area contributed by atoms with Crippen molar-refractivity contribution in [3.8, 4) is 12.1 Å². The number of anilines is 2. The molecule has 0 radical (unpaired) electrons. The molecule has 2 aromatic rings. The zero-order chi connectivity index (χ0) is 17.7. The summed E-state index contributed by atoms with van der Waals surface area (Å²) >= 11 is 1.16. The van der Waals surface area contributed by atoms with E-state index in [0.717, 1.165) is 28.6 Å². The number of hydrogen-bond acceptors (Lipinski definition) is 5. The van der Waals surface area contributed by atoms with Crippen LogP contribution >= 0.6 is 11.8 Å². The van der Waals surface area contributed by atoms with Crippen LogP contribution in [0.15, 0.2) is 29.3 Å². The molecule has 0 aliphatic carbocycles. The summed E-state index contributed by atoms with van der Waals surface area (Å²) in [6.07, 6.45) is 0. The predicted molar refractivity (Wildman–Crippen MR) is 92.1 cm³/mol. The second kappa shape index (κ2) is 7.49. The van der Waals surface area contributed by atoms with Gasteiger partial charge in [0.25, 0.3) is 5.82 Å². The predicted octanol–water partition coefficient (Wildman–Crippen LogP) is 2.17. The van der Waals surface area contributed by atoms with Crippen LogP contribution in [0, 0.1) is 36.5 Å². The van der Waals surface area contributed by atoms with Crippen molar-refractivity contribution in [1.29, 1.82) is 10.5 Å². The molecule has 4 N–H and O–H groups in total. The standard InChI is InChI=1S/C17H15N5OS/c1-10-4-3-5-14(11(10)2)21-15(23)9-24-17-13(8-19)6-12(7-18)16(20)22-17/h3-6H,9H2,1-2H3,(H2,20,22)(H,21,23)/p+1. The molecule has 0 bridgehead atoms. The van der Waals surface area contributed by atoms with Crippen molar-refractivity contribution in [3.05, 3.63) is 46.5 Å². The van der Waals surface area contributed by atoms with Gasteiger partial charge in [-0.05, 0) is 37.1 Å². The number of benzene rings is 1. The number of carbonyl (C=O) groups excluding carboxylic acids is 1. The highest BCUT2D eigenvalue weighted by molar-refractivity contribution is 7.99. The van der Waals surface area contributed by atoms with E-state index in [1.807, 2.05) is 44.2 Å². The quantitative estimate of drug-likeness (QED) is 0.829. The molecule has 0 fully saturated rings. The van der Waals surface area contributed by atoms with E-state index in [4.69, 9.17) is 16.3 Å². The highest BCUT2D eigenvalue weighted by Gasteiger charge is 2.16. The molecule has 7 heteroatoms. The molecule has 0 atom stereocenters. The normalized spacial score (nSPS) is 9.83. The number of aromatic amines is 1. The van der Waals surface area contributed by atoms with Gasteiger partial charge in [0.2, 0.25) is 5.91 Å². The minimum atomic E-state index is -0.186. The number of carbonyl (C=O) groups is 1. The lowest BCUT2D eigenvalue weighted by molar-refractivity contribution is -0.410. The number of nitrogen functional groups attached to an aromatic ring is 1. The van der Waals surface area contributed by atoms with Crippen molar-refractivity contribution in [3.63, 3.8) is 0 Å². The monoisotopic (exact) mass is 338 g/mol. The van der Waals surface area contributed by atoms with Crippen LogP contribution < -0.4 is 16.0 Å². The number of H-pyrrole nitrogens is 1. The minimum Gasteiger partial charge on any atom is -0.325 e. The lowest BCUT2D eigenvalue weighted by Crippen LogP contribution is -2.20. The maximum absolute atomic E-state index is 12.1. The molecule has 1 aromatic carbocycles. The van der Waals surface area contributed by atoms with Crippen molar-refractivity contribution in [2.24, 2.45) is 0 Å². The van der Waals surface area contributed by atoms with Gasteiger partial charge in [-0.1, -0.05) is 23.9 Å².